The molecular weight excluding hydrogens is 236 g/mol. The minimum atomic E-state index is -0.0804. The van der Waals surface area contributed by atoms with Gasteiger partial charge in [-0.25, -0.2) is 0 Å². The third kappa shape index (κ3) is 5.05. The first kappa shape index (κ1) is 15.3. The van der Waals surface area contributed by atoms with E-state index < -0.39 is 0 Å². The number of rotatable bonds is 6. The maximum absolute atomic E-state index is 9.65. The summed E-state index contributed by atoms with van der Waals surface area (Å²) in [4.78, 5) is 2.59. The molecule has 1 aliphatic carbocycles. The maximum atomic E-state index is 9.65. The minimum absolute atomic E-state index is 0.0804. The van der Waals surface area contributed by atoms with E-state index in [0.717, 1.165) is 13.0 Å². The highest BCUT2D eigenvalue weighted by Crippen LogP contribution is 2.30. The Kier molecular flexibility index (Phi) is 4.91. The lowest BCUT2D eigenvalue weighted by Gasteiger charge is -2.32. The summed E-state index contributed by atoms with van der Waals surface area (Å²) >= 11 is 0. The Hall–Kier alpha value is -0.120. The molecule has 0 bridgehead atoms. The molecule has 3 nitrogen and oxygen atoms in total. The SMILES string of the molecule is CC1(C)CCCN(CCC(C)(CO)NC2CC2)CC1. The van der Waals surface area contributed by atoms with Crippen LogP contribution in [0.3, 0.4) is 0 Å². The van der Waals surface area contributed by atoms with Crippen molar-refractivity contribution >= 4 is 0 Å². The van der Waals surface area contributed by atoms with Gasteiger partial charge in [-0.15, -0.1) is 0 Å². The van der Waals surface area contributed by atoms with E-state index in [1.165, 1.54) is 45.2 Å². The Morgan fingerprint density at radius 3 is 2.63 bits per heavy atom. The highest BCUT2D eigenvalue weighted by Gasteiger charge is 2.32. The van der Waals surface area contributed by atoms with Gasteiger partial charge in [0, 0.05) is 11.6 Å². The average molecular weight is 268 g/mol. The van der Waals surface area contributed by atoms with Gasteiger partial charge >= 0.3 is 0 Å². The van der Waals surface area contributed by atoms with E-state index in [4.69, 9.17) is 0 Å². The summed E-state index contributed by atoms with van der Waals surface area (Å²) in [7, 11) is 0. The first-order valence-electron chi connectivity index (χ1n) is 8.03. The lowest BCUT2D eigenvalue weighted by atomic mass is 9.85. The summed E-state index contributed by atoms with van der Waals surface area (Å²) in [6.45, 7) is 10.8. The van der Waals surface area contributed by atoms with Crippen LogP contribution in [-0.2, 0) is 0 Å². The molecule has 0 radical (unpaired) electrons. The average Bonchev–Trinajstić information content (AvgIpc) is 3.16. The lowest BCUT2D eigenvalue weighted by Crippen LogP contribution is -2.49. The zero-order chi connectivity index (χ0) is 13.9. The van der Waals surface area contributed by atoms with Crippen molar-refractivity contribution in [3.8, 4) is 0 Å². The number of nitrogens with zero attached hydrogens (tertiary/aromatic N) is 1. The number of aliphatic hydroxyl groups excluding tert-OH is 1. The normalized spacial score (nSPS) is 27.8. The van der Waals surface area contributed by atoms with Crippen LogP contribution in [0.5, 0.6) is 0 Å². The van der Waals surface area contributed by atoms with Crippen LogP contribution in [0.15, 0.2) is 0 Å². The van der Waals surface area contributed by atoms with E-state index in [0.29, 0.717) is 11.5 Å². The molecule has 2 rings (SSSR count). The molecule has 2 aliphatic rings. The Labute approximate surface area is 118 Å². The van der Waals surface area contributed by atoms with Crippen LogP contribution in [0.2, 0.25) is 0 Å². The molecule has 0 aromatic rings. The molecule has 2 fully saturated rings. The predicted molar refractivity (Wildman–Crippen MR) is 80.3 cm³/mol. The first-order valence-corrected chi connectivity index (χ1v) is 8.03. The minimum Gasteiger partial charge on any atom is -0.394 e. The summed E-state index contributed by atoms with van der Waals surface area (Å²) in [6.07, 6.45) is 7.60. The fourth-order valence-corrected chi connectivity index (χ4v) is 3.02. The number of hydrogen-bond donors (Lipinski definition) is 2. The van der Waals surface area contributed by atoms with Crippen molar-refractivity contribution in [3.63, 3.8) is 0 Å². The molecule has 1 unspecified atom stereocenters. The molecule has 112 valence electrons. The molecule has 19 heavy (non-hydrogen) atoms. The van der Waals surface area contributed by atoms with Crippen LogP contribution >= 0.6 is 0 Å². The zero-order valence-electron chi connectivity index (χ0n) is 13.0. The standard InChI is InChI=1S/C16H32N2O/c1-15(2)7-4-10-18(11-8-15)12-9-16(3,13-19)17-14-5-6-14/h14,17,19H,4-13H2,1-3H3. The van der Waals surface area contributed by atoms with Gasteiger partial charge in [-0.1, -0.05) is 13.8 Å². The van der Waals surface area contributed by atoms with Crippen LogP contribution in [0, 0.1) is 5.41 Å². The number of likely N-dealkylation sites (tertiary alicyclic amines) is 1. The van der Waals surface area contributed by atoms with E-state index in [2.05, 4.69) is 31.0 Å². The van der Waals surface area contributed by atoms with E-state index in [-0.39, 0.29) is 12.1 Å². The quantitative estimate of drug-likeness (QED) is 0.776. The van der Waals surface area contributed by atoms with Gasteiger partial charge in [0.05, 0.1) is 6.61 Å². The molecular formula is C16H32N2O. The van der Waals surface area contributed by atoms with E-state index in [9.17, 15) is 5.11 Å². The summed E-state index contributed by atoms with van der Waals surface area (Å²) in [5.74, 6) is 0. The Bertz CT molecular complexity index is 288. The monoisotopic (exact) mass is 268 g/mol. The van der Waals surface area contributed by atoms with Crippen LogP contribution < -0.4 is 5.32 Å². The van der Waals surface area contributed by atoms with Gasteiger partial charge in [-0.05, 0) is 70.5 Å². The molecule has 0 amide bonds. The molecule has 1 saturated carbocycles. The highest BCUT2D eigenvalue weighted by atomic mass is 16.3. The third-order valence-corrected chi connectivity index (χ3v) is 4.89. The summed E-state index contributed by atoms with van der Waals surface area (Å²) in [5.41, 5.74) is 0.435. The van der Waals surface area contributed by atoms with Crippen molar-refractivity contribution in [2.45, 2.75) is 70.9 Å². The van der Waals surface area contributed by atoms with Gasteiger partial charge < -0.3 is 15.3 Å². The fraction of sp³-hybridized carbons (Fsp3) is 1.00. The third-order valence-electron chi connectivity index (χ3n) is 4.89. The van der Waals surface area contributed by atoms with E-state index in [1.807, 2.05) is 0 Å². The van der Waals surface area contributed by atoms with Gasteiger partial charge in [0.2, 0.25) is 0 Å². The molecule has 1 heterocycles. The van der Waals surface area contributed by atoms with Crippen molar-refractivity contribution < 1.29 is 5.11 Å². The van der Waals surface area contributed by atoms with E-state index in [1.54, 1.807) is 0 Å². The van der Waals surface area contributed by atoms with Crippen molar-refractivity contribution in [2.24, 2.45) is 5.41 Å². The summed E-state index contributed by atoms with van der Waals surface area (Å²) < 4.78 is 0. The van der Waals surface area contributed by atoms with Crippen LogP contribution in [0.1, 0.15) is 59.3 Å². The van der Waals surface area contributed by atoms with Gasteiger partial charge in [0.1, 0.15) is 0 Å². The second kappa shape index (κ2) is 6.11. The number of hydrogen-bond acceptors (Lipinski definition) is 3. The summed E-state index contributed by atoms with van der Waals surface area (Å²) in [5, 5.41) is 13.3. The Morgan fingerprint density at radius 2 is 2.00 bits per heavy atom. The van der Waals surface area contributed by atoms with Gasteiger partial charge in [-0.2, -0.15) is 0 Å². The predicted octanol–water partition coefficient (Wildman–Crippen LogP) is 2.39. The highest BCUT2D eigenvalue weighted by molar-refractivity contribution is 4.93. The molecule has 0 spiro atoms. The Morgan fingerprint density at radius 1 is 1.26 bits per heavy atom. The molecule has 0 aromatic heterocycles. The van der Waals surface area contributed by atoms with Gasteiger partial charge in [-0.3, -0.25) is 0 Å². The Balaban J connectivity index is 1.76. The fourth-order valence-electron chi connectivity index (χ4n) is 3.02. The molecule has 1 saturated heterocycles. The lowest BCUT2D eigenvalue weighted by molar-refractivity contribution is 0.143. The van der Waals surface area contributed by atoms with Crippen LogP contribution in [0.25, 0.3) is 0 Å². The second-order valence-corrected chi connectivity index (χ2v) is 7.75. The molecule has 1 atom stereocenters. The van der Waals surface area contributed by atoms with Crippen molar-refractivity contribution in [1.82, 2.24) is 10.2 Å². The largest absolute Gasteiger partial charge is 0.394 e. The topological polar surface area (TPSA) is 35.5 Å². The van der Waals surface area contributed by atoms with Crippen LogP contribution in [-0.4, -0.2) is 47.8 Å². The van der Waals surface area contributed by atoms with Gasteiger partial charge in [0.25, 0.3) is 0 Å². The van der Waals surface area contributed by atoms with Gasteiger partial charge in [0.15, 0.2) is 0 Å². The number of aliphatic hydroxyl groups is 1. The molecule has 0 aromatic carbocycles. The zero-order valence-corrected chi connectivity index (χ0v) is 13.0. The van der Waals surface area contributed by atoms with Crippen LogP contribution in [0.4, 0.5) is 0 Å². The van der Waals surface area contributed by atoms with Crippen molar-refractivity contribution in [2.75, 3.05) is 26.2 Å². The number of nitrogens with one attached hydrogen (secondary N) is 1. The molecule has 3 heteroatoms. The maximum Gasteiger partial charge on any atom is 0.0611 e. The molecule has 2 N–H and O–H groups in total. The summed E-state index contributed by atoms with van der Waals surface area (Å²) in [6, 6.07) is 0.667. The first-order chi connectivity index (χ1) is 8.92. The van der Waals surface area contributed by atoms with Crippen molar-refractivity contribution in [3.05, 3.63) is 0 Å². The van der Waals surface area contributed by atoms with E-state index >= 15 is 0 Å². The second-order valence-electron chi connectivity index (χ2n) is 7.75. The van der Waals surface area contributed by atoms with Crippen molar-refractivity contribution in [1.29, 1.82) is 0 Å². The molecule has 1 aliphatic heterocycles. The smallest absolute Gasteiger partial charge is 0.0611 e.